The van der Waals surface area contributed by atoms with Gasteiger partial charge in [-0.15, -0.1) is 0 Å². The molecule has 7 nitrogen and oxygen atoms in total. The summed E-state index contributed by atoms with van der Waals surface area (Å²) in [5, 5.41) is 5.09. The minimum absolute atomic E-state index is 0.0555. The number of benzene rings is 1. The molecule has 2 aliphatic rings. The van der Waals surface area contributed by atoms with E-state index in [4.69, 9.17) is 21.7 Å². The second-order valence-corrected chi connectivity index (χ2v) is 8.75. The number of fused-ring (bicyclic) bond motifs is 1. The quantitative estimate of drug-likeness (QED) is 0.633. The largest absolute Gasteiger partial charge is 0.379 e. The summed E-state index contributed by atoms with van der Waals surface area (Å²) in [6.45, 7) is 9.05. The molecule has 4 rings (SSSR count). The Hall–Kier alpha value is -2.00. The number of nitrogens with one attached hydrogen (secondary N) is 2. The Bertz CT molecular complexity index is 951. The van der Waals surface area contributed by atoms with E-state index in [1.54, 1.807) is 0 Å². The van der Waals surface area contributed by atoms with Crippen LogP contribution in [0.3, 0.4) is 0 Å². The van der Waals surface area contributed by atoms with Gasteiger partial charge in [0.25, 0.3) is 5.56 Å². The predicted molar refractivity (Wildman–Crippen MR) is 127 cm³/mol. The van der Waals surface area contributed by atoms with Gasteiger partial charge in [-0.05, 0) is 49.0 Å². The lowest BCUT2D eigenvalue weighted by atomic mass is 10.1. The van der Waals surface area contributed by atoms with Gasteiger partial charge in [-0.2, -0.15) is 0 Å². The fourth-order valence-corrected chi connectivity index (χ4v) is 4.45. The molecule has 1 aromatic carbocycles. The summed E-state index contributed by atoms with van der Waals surface area (Å²) in [4.78, 5) is 20.4. The number of morpholine rings is 1. The highest BCUT2D eigenvalue weighted by molar-refractivity contribution is 7.80. The van der Waals surface area contributed by atoms with Crippen LogP contribution in [0.2, 0.25) is 0 Å². The third-order valence-electron chi connectivity index (χ3n) is 6.11. The molecule has 2 aromatic rings. The van der Waals surface area contributed by atoms with E-state index in [0.717, 1.165) is 80.9 Å². The zero-order valence-electron chi connectivity index (χ0n) is 18.2. The third-order valence-corrected chi connectivity index (χ3v) is 6.51. The molecule has 0 bridgehead atoms. The van der Waals surface area contributed by atoms with Gasteiger partial charge in [0, 0.05) is 44.9 Å². The smallest absolute Gasteiger partial charge is 0.253 e. The van der Waals surface area contributed by atoms with Crippen LogP contribution in [0.25, 0.3) is 10.9 Å². The van der Waals surface area contributed by atoms with Crippen LogP contribution in [0.1, 0.15) is 24.0 Å². The molecule has 0 amide bonds. The summed E-state index contributed by atoms with van der Waals surface area (Å²) >= 11 is 5.74. The van der Waals surface area contributed by atoms with Crippen molar-refractivity contribution < 1.29 is 9.47 Å². The van der Waals surface area contributed by atoms with Crippen molar-refractivity contribution in [2.24, 2.45) is 0 Å². The number of ether oxygens (including phenoxy) is 2. The monoisotopic (exact) mass is 444 g/mol. The van der Waals surface area contributed by atoms with Crippen LogP contribution in [0.5, 0.6) is 0 Å². The maximum Gasteiger partial charge on any atom is 0.253 e. The third kappa shape index (κ3) is 5.83. The molecule has 2 saturated heterocycles. The molecule has 3 heterocycles. The molecule has 0 spiro atoms. The van der Waals surface area contributed by atoms with Crippen molar-refractivity contribution in [2.75, 3.05) is 52.5 Å². The van der Waals surface area contributed by atoms with E-state index in [0.29, 0.717) is 18.2 Å². The maximum absolute atomic E-state index is 12.8. The van der Waals surface area contributed by atoms with Crippen molar-refractivity contribution in [1.29, 1.82) is 0 Å². The molecule has 2 N–H and O–H groups in total. The maximum atomic E-state index is 12.8. The van der Waals surface area contributed by atoms with Gasteiger partial charge < -0.3 is 24.7 Å². The second kappa shape index (κ2) is 10.5. The van der Waals surface area contributed by atoms with Crippen LogP contribution in [-0.2, 0) is 16.0 Å². The molecular weight excluding hydrogens is 412 g/mol. The molecular formula is C23H32N4O3S. The number of pyridine rings is 1. The van der Waals surface area contributed by atoms with E-state index >= 15 is 0 Å². The Morgan fingerprint density at radius 2 is 2.16 bits per heavy atom. The molecule has 8 heteroatoms. The molecule has 0 aliphatic carbocycles. The van der Waals surface area contributed by atoms with Gasteiger partial charge in [-0.3, -0.25) is 9.69 Å². The van der Waals surface area contributed by atoms with Crippen molar-refractivity contribution in [3.8, 4) is 0 Å². The van der Waals surface area contributed by atoms with E-state index < -0.39 is 0 Å². The first-order valence-electron chi connectivity index (χ1n) is 11.2. The molecule has 168 valence electrons. The van der Waals surface area contributed by atoms with E-state index in [1.807, 2.05) is 31.2 Å². The summed E-state index contributed by atoms with van der Waals surface area (Å²) in [6.07, 6.45) is 2.38. The molecule has 0 unspecified atom stereocenters. The van der Waals surface area contributed by atoms with Crippen molar-refractivity contribution in [2.45, 2.75) is 32.4 Å². The first kappa shape index (κ1) is 22.2. The number of nitrogens with zero attached hydrogens (tertiary/aromatic N) is 2. The zero-order chi connectivity index (χ0) is 21.6. The Balaban J connectivity index is 1.48. The SMILES string of the molecule is Cc1cccc2cc(CN(CCN3CCOCC3)C(=S)NC[C@@H]3CCCO3)c(=O)[nH]c12. The Morgan fingerprint density at radius 3 is 2.94 bits per heavy atom. The first-order valence-corrected chi connectivity index (χ1v) is 11.6. The summed E-state index contributed by atoms with van der Waals surface area (Å²) in [7, 11) is 0. The van der Waals surface area contributed by atoms with Crippen LogP contribution in [0.15, 0.2) is 29.1 Å². The van der Waals surface area contributed by atoms with Crippen LogP contribution in [0, 0.1) is 6.92 Å². The van der Waals surface area contributed by atoms with Crippen molar-refractivity contribution in [3.63, 3.8) is 0 Å². The van der Waals surface area contributed by atoms with Gasteiger partial charge in [-0.25, -0.2) is 0 Å². The number of aromatic nitrogens is 1. The average Bonchev–Trinajstić information content (AvgIpc) is 3.30. The average molecular weight is 445 g/mol. The summed E-state index contributed by atoms with van der Waals surface area (Å²) < 4.78 is 11.2. The van der Waals surface area contributed by atoms with Gasteiger partial charge >= 0.3 is 0 Å². The highest BCUT2D eigenvalue weighted by Crippen LogP contribution is 2.16. The number of aryl methyl sites for hydroxylation is 1. The van der Waals surface area contributed by atoms with Crippen LogP contribution in [0.4, 0.5) is 0 Å². The van der Waals surface area contributed by atoms with Crippen molar-refractivity contribution in [3.05, 3.63) is 45.7 Å². The number of para-hydroxylation sites is 1. The molecule has 31 heavy (non-hydrogen) atoms. The lowest BCUT2D eigenvalue weighted by Gasteiger charge is -2.31. The predicted octanol–water partition coefficient (Wildman–Crippen LogP) is 2.02. The van der Waals surface area contributed by atoms with E-state index in [-0.39, 0.29) is 11.7 Å². The fraction of sp³-hybridized carbons (Fsp3) is 0.565. The highest BCUT2D eigenvalue weighted by Gasteiger charge is 2.19. The topological polar surface area (TPSA) is 69.8 Å². The lowest BCUT2D eigenvalue weighted by Crippen LogP contribution is -2.47. The Labute approximate surface area is 188 Å². The number of rotatable bonds is 7. The number of aromatic amines is 1. The lowest BCUT2D eigenvalue weighted by molar-refractivity contribution is 0.0356. The van der Waals surface area contributed by atoms with Gasteiger partial charge in [0.05, 0.1) is 31.4 Å². The number of hydrogen-bond donors (Lipinski definition) is 2. The van der Waals surface area contributed by atoms with E-state index in [2.05, 4.69) is 20.1 Å². The van der Waals surface area contributed by atoms with Crippen LogP contribution < -0.4 is 10.9 Å². The number of hydrogen-bond acceptors (Lipinski definition) is 5. The van der Waals surface area contributed by atoms with Crippen molar-refractivity contribution >= 4 is 28.2 Å². The van der Waals surface area contributed by atoms with Gasteiger partial charge in [0.2, 0.25) is 0 Å². The first-order chi connectivity index (χ1) is 15.1. The zero-order valence-corrected chi connectivity index (χ0v) is 19.0. The molecule has 0 radical (unpaired) electrons. The van der Waals surface area contributed by atoms with Gasteiger partial charge in [0.15, 0.2) is 5.11 Å². The van der Waals surface area contributed by atoms with Crippen molar-refractivity contribution in [1.82, 2.24) is 20.1 Å². The van der Waals surface area contributed by atoms with E-state index in [9.17, 15) is 4.79 Å². The Kier molecular flexibility index (Phi) is 7.55. The second-order valence-electron chi connectivity index (χ2n) is 8.36. The fourth-order valence-electron chi connectivity index (χ4n) is 4.21. The normalized spacial score (nSPS) is 19.6. The summed E-state index contributed by atoms with van der Waals surface area (Å²) in [5.74, 6) is 0. The highest BCUT2D eigenvalue weighted by atomic mass is 32.1. The minimum atomic E-state index is -0.0555. The molecule has 2 fully saturated rings. The molecule has 1 aromatic heterocycles. The summed E-state index contributed by atoms with van der Waals surface area (Å²) in [6, 6.07) is 8.06. The van der Waals surface area contributed by atoms with Crippen LogP contribution in [-0.4, -0.2) is 78.5 Å². The van der Waals surface area contributed by atoms with Gasteiger partial charge in [0.1, 0.15) is 0 Å². The number of H-pyrrole nitrogens is 1. The van der Waals surface area contributed by atoms with Crippen LogP contribution >= 0.6 is 12.2 Å². The van der Waals surface area contributed by atoms with E-state index in [1.165, 1.54) is 0 Å². The Morgan fingerprint density at radius 1 is 1.32 bits per heavy atom. The number of thiocarbonyl (C=S) groups is 1. The minimum Gasteiger partial charge on any atom is -0.379 e. The molecule has 2 aliphatic heterocycles. The summed E-state index contributed by atoms with van der Waals surface area (Å²) in [5.41, 5.74) is 2.63. The molecule has 1 atom stereocenters. The standard InChI is InChI=1S/C23H32N4O3S/c1-17-4-2-5-18-14-19(22(28)25-21(17)18)16-27(8-7-26-9-12-29-13-10-26)23(31)24-15-20-6-3-11-30-20/h2,4-5,14,20H,3,6-13,15-16H2,1H3,(H,24,31)(H,25,28)/t20-/m0/s1. The molecule has 0 saturated carbocycles. The van der Waals surface area contributed by atoms with Gasteiger partial charge in [-0.1, -0.05) is 18.2 Å².